The van der Waals surface area contributed by atoms with E-state index in [0.29, 0.717) is 5.69 Å². The molecule has 4 rings (SSSR count). The molecule has 0 fully saturated rings. The highest BCUT2D eigenvalue weighted by Crippen LogP contribution is 2.30. The van der Waals surface area contributed by atoms with Gasteiger partial charge < -0.3 is 0 Å². The summed E-state index contributed by atoms with van der Waals surface area (Å²) < 4.78 is 1.88. The zero-order valence-corrected chi connectivity index (χ0v) is 13.1. The lowest BCUT2D eigenvalue weighted by Crippen LogP contribution is -2.00. The lowest BCUT2D eigenvalue weighted by molar-refractivity contribution is 0.878. The van der Waals surface area contributed by atoms with Gasteiger partial charge in [-0.3, -0.25) is 0 Å². The molecule has 0 unspecified atom stereocenters. The Labute approximate surface area is 135 Å². The van der Waals surface area contributed by atoms with Gasteiger partial charge in [0.2, 0.25) is 0 Å². The Hall–Kier alpha value is -2.86. The molecule has 0 N–H and O–H groups in total. The number of hydrogen-bond acceptors (Lipinski definition) is 2. The standard InChI is InChI=1S/C20H17N3/c1-14-4-2-7-19(10-14)23-20(12-18(13-21)22-23)17-9-8-15-5-3-6-16(15)11-17/h2,4,7-12H,3,5-6H2,1H3. The second kappa shape index (κ2) is 5.40. The Bertz CT molecular complexity index is 928. The second-order valence-electron chi connectivity index (χ2n) is 6.11. The van der Waals surface area contributed by atoms with Gasteiger partial charge in [-0.2, -0.15) is 10.4 Å². The molecule has 1 heterocycles. The zero-order chi connectivity index (χ0) is 15.8. The number of hydrogen-bond donors (Lipinski definition) is 0. The van der Waals surface area contributed by atoms with Crippen molar-refractivity contribution in [2.45, 2.75) is 26.2 Å². The number of fused-ring (bicyclic) bond motifs is 1. The van der Waals surface area contributed by atoms with Crippen molar-refractivity contribution in [3.63, 3.8) is 0 Å². The zero-order valence-electron chi connectivity index (χ0n) is 13.1. The molecular formula is C20H17N3. The molecular weight excluding hydrogens is 282 g/mol. The minimum absolute atomic E-state index is 0.446. The van der Waals surface area contributed by atoms with Crippen LogP contribution in [0.1, 0.15) is 28.8 Å². The molecule has 0 amide bonds. The quantitative estimate of drug-likeness (QED) is 0.711. The predicted octanol–water partition coefficient (Wildman–Crippen LogP) is 4.21. The van der Waals surface area contributed by atoms with Gasteiger partial charge in [-0.25, -0.2) is 4.68 Å². The van der Waals surface area contributed by atoms with Gasteiger partial charge in [0.1, 0.15) is 6.07 Å². The minimum Gasteiger partial charge on any atom is -0.232 e. The Morgan fingerprint density at radius 1 is 1.04 bits per heavy atom. The van der Waals surface area contributed by atoms with Crippen molar-refractivity contribution in [2.24, 2.45) is 0 Å². The highest BCUT2D eigenvalue weighted by molar-refractivity contribution is 5.65. The third-order valence-electron chi connectivity index (χ3n) is 4.46. The number of nitriles is 1. The van der Waals surface area contributed by atoms with Gasteiger partial charge in [0, 0.05) is 11.6 Å². The van der Waals surface area contributed by atoms with Crippen LogP contribution in [-0.2, 0) is 12.8 Å². The average molecular weight is 299 g/mol. The predicted molar refractivity (Wildman–Crippen MR) is 90.5 cm³/mol. The maximum atomic E-state index is 9.25. The maximum absolute atomic E-state index is 9.25. The summed E-state index contributed by atoms with van der Waals surface area (Å²) in [6, 6.07) is 18.9. The van der Waals surface area contributed by atoms with Gasteiger partial charge in [0.15, 0.2) is 5.69 Å². The number of nitrogens with zero attached hydrogens (tertiary/aromatic N) is 3. The molecule has 0 radical (unpaired) electrons. The van der Waals surface area contributed by atoms with Crippen LogP contribution in [0, 0.1) is 18.3 Å². The van der Waals surface area contributed by atoms with Crippen LogP contribution in [0.25, 0.3) is 16.9 Å². The van der Waals surface area contributed by atoms with E-state index in [4.69, 9.17) is 0 Å². The first kappa shape index (κ1) is 13.8. The first-order chi connectivity index (χ1) is 11.2. The number of aromatic nitrogens is 2. The van der Waals surface area contributed by atoms with E-state index in [1.54, 1.807) is 0 Å². The van der Waals surface area contributed by atoms with Crippen LogP contribution < -0.4 is 0 Å². The van der Waals surface area contributed by atoms with Crippen LogP contribution >= 0.6 is 0 Å². The Kier molecular flexibility index (Phi) is 3.24. The minimum atomic E-state index is 0.446. The van der Waals surface area contributed by atoms with Crippen molar-refractivity contribution in [1.82, 2.24) is 9.78 Å². The van der Waals surface area contributed by atoms with Crippen molar-refractivity contribution in [3.8, 4) is 23.0 Å². The van der Waals surface area contributed by atoms with E-state index in [1.165, 1.54) is 29.5 Å². The van der Waals surface area contributed by atoms with Gasteiger partial charge in [-0.15, -0.1) is 0 Å². The van der Waals surface area contributed by atoms with Gasteiger partial charge in [0.25, 0.3) is 0 Å². The fourth-order valence-electron chi connectivity index (χ4n) is 3.33. The van der Waals surface area contributed by atoms with E-state index >= 15 is 0 Å². The highest BCUT2D eigenvalue weighted by atomic mass is 15.3. The lowest BCUT2D eigenvalue weighted by atomic mass is 10.0. The van der Waals surface area contributed by atoms with Crippen LogP contribution in [0.2, 0.25) is 0 Å². The number of benzene rings is 2. The summed E-state index contributed by atoms with van der Waals surface area (Å²) in [5, 5.41) is 13.7. The van der Waals surface area contributed by atoms with Gasteiger partial charge in [-0.1, -0.05) is 24.3 Å². The van der Waals surface area contributed by atoms with Crippen molar-refractivity contribution < 1.29 is 0 Å². The molecule has 1 aliphatic rings. The highest BCUT2D eigenvalue weighted by Gasteiger charge is 2.15. The SMILES string of the molecule is Cc1cccc(-n2nc(C#N)cc2-c2ccc3c(c2)CCC3)c1. The van der Waals surface area contributed by atoms with Crippen LogP contribution in [-0.4, -0.2) is 9.78 Å². The van der Waals surface area contributed by atoms with Gasteiger partial charge >= 0.3 is 0 Å². The molecule has 0 spiro atoms. The molecule has 0 saturated heterocycles. The topological polar surface area (TPSA) is 41.6 Å². The van der Waals surface area contributed by atoms with E-state index < -0.39 is 0 Å². The van der Waals surface area contributed by atoms with Gasteiger partial charge in [-0.05, 0) is 61.1 Å². The molecule has 3 nitrogen and oxygen atoms in total. The summed E-state index contributed by atoms with van der Waals surface area (Å²) in [5.74, 6) is 0. The molecule has 3 heteroatoms. The Morgan fingerprint density at radius 3 is 2.74 bits per heavy atom. The van der Waals surface area contributed by atoms with E-state index in [9.17, 15) is 5.26 Å². The third kappa shape index (κ3) is 2.43. The van der Waals surface area contributed by atoms with Crippen LogP contribution in [0.3, 0.4) is 0 Å². The molecule has 0 atom stereocenters. The summed E-state index contributed by atoms with van der Waals surface area (Å²) in [6.45, 7) is 2.06. The molecule has 2 aromatic carbocycles. The summed E-state index contributed by atoms with van der Waals surface area (Å²) in [6.07, 6.45) is 3.56. The molecule has 1 aliphatic carbocycles. The first-order valence-electron chi connectivity index (χ1n) is 7.94. The monoisotopic (exact) mass is 299 g/mol. The van der Waals surface area contributed by atoms with Crippen molar-refractivity contribution >= 4 is 0 Å². The van der Waals surface area contributed by atoms with E-state index in [-0.39, 0.29) is 0 Å². The molecule has 0 bridgehead atoms. The lowest BCUT2D eigenvalue weighted by Gasteiger charge is -2.10. The maximum Gasteiger partial charge on any atom is 0.163 e. The van der Waals surface area contributed by atoms with E-state index in [2.05, 4.69) is 48.4 Å². The summed E-state index contributed by atoms with van der Waals surface area (Å²) in [5.41, 5.74) is 7.59. The van der Waals surface area contributed by atoms with Crippen LogP contribution in [0.5, 0.6) is 0 Å². The molecule has 112 valence electrons. The molecule has 1 aromatic heterocycles. The normalized spacial score (nSPS) is 12.9. The third-order valence-corrected chi connectivity index (χ3v) is 4.46. The largest absolute Gasteiger partial charge is 0.232 e. The Balaban J connectivity index is 1.88. The second-order valence-corrected chi connectivity index (χ2v) is 6.11. The van der Waals surface area contributed by atoms with E-state index in [1.807, 2.05) is 22.9 Å². The fourth-order valence-corrected chi connectivity index (χ4v) is 3.33. The fraction of sp³-hybridized carbons (Fsp3) is 0.200. The molecule has 23 heavy (non-hydrogen) atoms. The van der Waals surface area contributed by atoms with Crippen molar-refractivity contribution in [3.05, 3.63) is 70.9 Å². The van der Waals surface area contributed by atoms with E-state index in [0.717, 1.165) is 23.4 Å². The first-order valence-corrected chi connectivity index (χ1v) is 7.94. The Morgan fingerprint density at radius 2 is 1.91 bits per heavy atom. The summed E-state index contributed by atoms with van der Waals surface area (Å²) in [4.78, 5) is 0. The molecule has 0 saturated carbocycles. The molecule has 0 aliphatic heterocycles. The summed E-state index contributed by atoms with van der Waals surface area (Å²) >= 11 is 0. The van der Waals surface area contributed by atoms with Crippen LogP contribution in [0.4, 0.5) is 0 Å². The average Bonchev–Trinajstić information content (AvgIpc) is 3.20. The van der Waals surface area contributed by atoms with Crippen molar-refractivity contribution in [1.29, 1.82) is 5.26 Å². The van der Waals surface area contributed by atoms with Gasteiger partial charge in [0.05, 0.1) is 11.4 Å². The van der Waals surface area contributed by atoms with Crippen molar-refractivity contribution in [2.75, 3.05) is 0 Å². The number of rotatable bonds is 2. The molecule has 3 aromatic rings. The number of aryl methyl sites for hydroxylation is 3. The smallest absolute Gasteiger partial charge is 0.163 e. The van der Waals surface area contributed by atoms with Crippen LogP contribution in [0.15, 0.2) is 48.5 Å². The summed E-state index contributed by atoms with van der Waals surface area (Å²) in [7, 11) is 0.